The second-order valence-electron chi connectivity index (χ2n) is 5.90. The number of esters is 1. The molecule has 0 amide bonds. The van der Waals surface area contributed by atoms with E-state index in [1.165, 1.54) is 19.3 Å². The monoisotopic (exact) mass is 305 g/mol. The molecule has 1 aliphatic rings. The Labute approximate surface area is 133 Å². The van der Waals surface area contributed by atoms with Crippen molar-refractivity contribution in [3.05, 3.63) is 35.9 Å². The zero-order valence-electron chi connectivity index (χ0n) is 13.4. The van der Waals surface area contributed by atoms with Crippen LogP contribution in [0.5, 0.6) is 0 Å². The first-order valence-electron chi connectivity index (χ1n) is 8.32. The second kappa shape index (κ2) is 9.59. The lowest BCUT2D eigenvalue weighted by atomic mass is 9.97. The fourth-order valence-electron chi connectivity index (χ4n) is 2.75. The van der Waals surface area contributed by atoms with E-state index in [9.17, 15) is 4.79 Å². The fraction of sp³-hybridized carbons (Fsp3) is 0.611. The number of ether oxygens (including phenoxy) is 2. The summed E-state index contributed by atoms with van der Waals surface area (Å²) in [5.74, 6) is -0.285. The lowest BCUT2D eigenvalue weighted by molar-refractivity contribution is -0.153. The molecule has 0 aliphatic carbocycles. The number of nitrogens with one attached hydrogen (secondary N) is 1. The van der Waals surface area contributed by atoms with Crippen LogP contribution in [0.25, 0.3) is 0 Å². The number of rotatable bonds is 8. The van der Waals surface area contributed by atoms with Gasteiger partial charge in [0.25, 0.3) is 0 Å². The van der Waals surface area contributed by atoms with Crippen molar-refractivity contribution in [1.29, 1.82) is 0 Å². The van der Waals surface area contributed by atoms with Crippen LogP contribution in [0.1, 0.15) is 44.6 Å². The Balaban J connectivity index is 1.63. The summed E-state index contributed by atoms with van der Waals surface area (Å²) in [6.07, 6.45) is 5.78. The Hall–Kier alpha value is -1.39. The van der Waals surface area contributed by atoms with Gasteiger partial charge in [-0.2, -0.15) is 0 Å². The first kappa shape index (κ1) is 17.0. The van der Waals surface area contributed by atoms with Gasteiger partial charge in [0, 0.05) is 6.04 Å². The highest BCUT2D eigenvalue weighted by Gasteiger charge is 2.22. The Morgan fingerprint density at radius 3 is 2.91 bits per heavy atom. The van der Waals surface area contributed by atoms with Gasteiger partial charge in [0.15, 0.2) is 0 Å². The molecule has 0 aromatic heterocycles. The Morgan fingerprint density at radius 2 is 2.14 bits per heavy atom. The third-order valence-electron chi connectivity index (χ3n) is 4.03. The minimum Gasteiger partial charge on any atom is -0.459 e. The predicted molar refractivity (Wildman–Crippen MR) is 86.5 cm³/mol. The maximum absolute atomic E-state index is 11.7. The third kappa shape index (κ3) is 6.16. The molecule has 1 heterocycles. The van der Waals surface area contributed by atoms with Crippen LogP contribution in [-0.4, -0.2) is 31.3 Å². The van der Waals surface area contributed by atoms with Crippen molar-refractivity contribution in [1.82, 2.24) is 5.32 Å². The van der Waals surface area contributed by atoms with Crippen LogP contribution in [0.15, 0.2) is 30.3 Å². The number of unbranched alkanes of at least 4 members (excludes halogenated alkanes) is 1. The van der Waals surface area contributed by atoms with Gasteiger partial charge in [0.05, 0.1) is 6.10 Å². The molecular weight excluding hydrogens is 278 g/mol. The van der Waals surface area contributed by atoms with Gasteiger partial charge in [-0.3, -0.25) is 0 Å². The summed E-state index contributed by atoms with van der Waals surface area (Å²) in [6.45, 7) is 3.55. The number of carbonyl (C=O) groups excluding carboxylic acids is 1. The van der Waals surface area contributed by atoms with E-state index in [0.29, 0.717) is 12.6 Å². The SMILES string of the molecule is CCCCC1C[C@H](OCC(=O)OCc2ccccc2)CCN1. The van der Waals surface area contributed by atoms with Crippen LogP contribution in [0.3, 0.4) is 0 Å². The first-order valence-corrected chi connectivity index (χ1v) is 8.32. The Bertz CT molecular complexity index is 435. The highest BCUT2D eigenvalue weighted by molar-refractivity contribution is 5.70. The van der Waals surface area contributed by atoms with E-state index < -0.39 is 0 Å². The number of piperidine rings is 1. The smallest absolute Gasteiger partial charge is 0.332 e. The van der Waals surface area contributed by atoms with E-state index in [1.807, 2.05) is 30.3 Å². The predicted octanol–water partition coefficient (Wildman–Crippen LogP) is 3.06. The average Bonchev–Trinajstić information content (AvgIpc) is 2.57. The molecule has 1 aromatic carbocycles. The van der Waals surface area contributed by atoms with E-state index in [1.54, 1.807) is 0 Å². The fourth-order valence-corrected chi connectivity index (χ4v) is 2.75. The zero-order valence-corrected chi connectivity index (χ0v) is 13.4. The Kier molecular flexibility index (Phi) is 7.40. The molecule has 1 saturated heterocycles. The van der Waals surface area contributed by atoms with Crippen molar-refractivity contribution < 1.29 is 14.3 Å². The minimum atomic E-state index is -0.285. The molecule has 2 rings (SSSR count). The van der Waals surface area contributed by atoms with Crippen molar-refractivity contribution in [2.45, 2.75) is 57.8 Å². The van der Waals surface area contributed by atoms with Crippen LogP contribution < -0.4 is 5.32 Å². The number of hydrogen-bond donors (Lipinski definition) is 1. The summed E-state index contributed by atoms with van der Waals surface area (Å²) in [5.41, 5.74) is 0.998. The lowest BCUT2D eigenvalue weighted by Crippen LogP contribution is -2.41. The van der Waals surface area contributed by atoms with Crippen molar-refractivity contribution in [2.24, 2.45) is 0 Å². The Morgan fingerprint density at radius 1 is 1.32 bits per heavy atom. The van der Waals surface area contributed by atoms with Crippen LogP contribution in [0, 0.1) is 0 Å². The van der Waals surface area contributed by atoms with E-state index in [0.717, 1.165) is 24.9 Å². The van der Waals surface area contributed by atoms with Crippen molar-refractivity contribution >= 4 is 5.97 Å². The average molecular weight is 305 g/mol. The topological polar surface area (TPSA) is 47.6 Å². The zero-order chi connectivity index (χ0) is 15.6. The molecule has 0 bridgehead atoms. The van der Waals surface area contributed by atoms with Gasteiger partial charge in [0.2, 0.25) is 0 Å². The first-order chi connectivity index (χ1) is 10.8. The summed E-state index contributed by atoms with van der Waals surface area (Å²) < 4.78 is 11.0. The van der Waals surface area contributed by atoms with Crippen LogP contribution in [0.4, 0.5) is 0 Å². The van der Waals surface area contributed by atoms with Gasteiger partial charge in [-0.1, -0.05) is 50.1 Å². The van der Waals surface area contributed by atoms with Crippen LogP contribution in [-0.2, 0) is 20.9 Å². The second-order valence-corrected chi connectivity index (χ2v) is 5.90. The lowest BCUT2D eigenvalue weighted by Gasteiger charge is -2.30. The molecule has 0 radical (unpaired) electrons. The molecule has 2 atom stereocenters. The summed E-state index contributed by atoms with van der Waals surface area (Å²) in [6, 6.07) is 10.2. The van der Waals surface area contributed by atoms with E-state index in [-0.39, 0.29) is 18.7 Å². The number of benzene rings is 1. The highest BCUT2D eigenvalue weighted by Crippen LogP contribution is 2.16. The molecule has 122 valence electrons. The number of hydrogen-bond acceptors (Lipinski definition) is 4. The van der Waals surface area contributed by atoms with Crippen LogP contribution >= 0.6 is 0 Å². The normalized spacial score (nSPS) is 21.5. The van der Waals surface area contributed by atoms with E-state index in [2.05, 4.69) is 12.2 Å². The summed E-state index contributed by atoms with van der Waals surface area (Å²) in [4.78, 5) is 11.7. The standard InChI is InChI=1S/C18H27NO3/c1-2-3-9-16-12-17(10-11-19-16)21-14-18(20)22-13-15-7-5-4-6-8-15/h4-8,16-17,19H,2-3,9-14H2,1H3/t16?,17-/m1/s1. The molecule has 1 aliphatic heterocycles. The van der Waals surface area contributed by atoms with Crippen LogP contribution in [0.2, 0.25) is 0 Å². The van der Waals surface area contributed by atoms with Gasteiger partial charge in [0.1, 0.15) is 13.2 Å². The molecule has 0 saturated carbocycles. The van der Waals surface area contributed by atoms with E-state index >= 15 is 0 Å². The van der Waals surface area contributed by atoms with Gasteiger partial charge in [-0.25, -0.2) is 4.79 Å². The quantitative estimate of drug-likeness (QED) is 0.750. The van der Waals surface area contributed by atoms with Crippen molar-refractivity contribution in [2.75, 3.05) is 13.2 Å². The van der Waals surface area contributed by atoms with Crippen molar-refractivity contribution in [3.8, 4) is 0 Å². The molecule has 22 heavy (non-hydrogen) atoms. The van der Waals surface area contributed by atoms with Gasteiger partial charge >= 0.3 is 5.97 Å². The third-order valence-corrected chi connectivity index (χ3v) is 4.03. The maximum atomic E-state index is 11.7. The summed E-state index contributed by atoms with van der Waals surface area (Å²) >= 11 is 0. The molecule has 0 spiro atoms. The summed E-state index contributed by atoms with van der Waals surface area (Å²) in [5, 5.41) is 3.52. The summed E-state index contributed by atoms with van der Waals surface area (Å²) in [7, 11) is 0. The molecule has 1 aromatic rings. The van der Waals surface area contributed by atoms with E-state index in [4.69, 9.17) is 9.47 Å². The molecule has 4 nitrogen and oxygen atoms in total. The molecule has 1 fully saturated rings. The highest BCUT2D eigenvalue weighted by atomic mass is 16.6. The van der Waals surface area contributed by atoms with Gasteiger partial charge in [-0.15, -0.1) is 0 Å². The molecular formula is C18H27NO3. The van der Waals surface area contributed by atoms with Gasteiger partial charge < -0.3 is 14.8 Å². The van der Waals surface area contributed by atoms with Gasteiger partial charge in [-0.05, 0) is 31.4 Å². The maximum Gasteiger partial charge on any atom is 0.332 e. The molecule has 1 N–H and O–H groups in total. The minimum absolute atomic E-state index is 0.0536. The molecule has 1 unspecified atom stereocenters. The van der Waals surface area contributed by atoms with Crippen molar-refractivity contribution in [3.63, 3.8) is 0 Å². The molecule has 4 heteroatoms. The largest absolute Gasteiger partial charge is 0.459 e. The number of carbonyl (C=O) groups is 1.